The zero-order valence-electron chi connectivity index (χ0n) is 8.87. The van der Waals surface area contributed by atoms with Crippen molar-refractivity contribution in [2.24, 2.45) is 0 Å². The molecule has 0 aliphatic heterocycles. The van der Waals surface area contributed by atoms with Crippen LogP contribution < -0.4 is 0 Å². The smallest absolute Gasteiger partial charge is 0.271 e. The van der Waals surface area contributed by atoms with Gasteiger partial charge >= 0.3 is 0 Å². The van der Waals surface area contributed by atoms with E-state index >= 15 is 0 Å². The number of hydrogen-bond acceptors (Lipinski definition) is 5. The molecule has 1 aromatic rings. The summed E-state index contributed by atoms with van der Waals surface area (Å²) in [5, 5.41) is 20.3. The normalized spacial score (nSPS) is 10.6. The monoisotopic (exact) mass is 253 g/mol. The van der Waals surface area contributed by atoms with Crippen molar-refractivity contribution in [3.8, 4) is 5.75 Å². The van der Waals surface area contributed by atoms with Crippen LogP contribution in [-0.2, 0) is 0 Å². The Hall–Kier alpha value is -1.82. The van der Waals surface area contributed by atoms with Gasteiger partial charge in [0, 0.05) is 17.7 Å². The Labute approximate surface area is 103 Å². The van der Waals surface area contributed by atoms with Crippen LogP contribution in [0.2, 0.25) is 0 Å². The molecule has 0 aliphatic rings. The number of carbonyl (C=O) groups is 1. The van der Waals surface area contributed by atoms with Gasteiger partial charge in [-0.1, -0.05) is 12.2 Å². The first-order chi connectivity index (χ1) is 8.10. The molecule has 1 aromatic carbocycles. The molecule has 0 heterocycles. The van der Waals surface area contributed by atoms with Crippen molar-refractivity contribution in [3.05, 3.63) is 39.4 Å². The van der Waals surface area contributed by atoms with E-state index in [-0.39, 0.29) is 22.6 Å². The minimum Gasteiger partial charge on any atom is -0.507 e. The number of thiol groups is 1. The highest BCUT2D eigenvalue weighted by Crippen LogP contribution is 2.28. The lowest BCUT2D eigenvalue weighted by atomic mass is 10.1. The van der Waals surface area contributed by atoms with E-state index in [0.29, 0.717) is 18.5 Å². The number of phenols is 1. The Morgan fingerprint density at radius 3 is 2.59 bits per heavy atom. The number of phenolic OH excluding ortho intramolecular Hbond substituents is 1. The number of nitrogens with zero attached hydrogens (tertiary/aromatic N) is 1. The van der Waals surface area contributed by atoms with Gasteiger partial charge in [0.25, 0.3) is 5.69 Å². The standard InChI is InChI=1S/C11H11NO4S/c13-7-9-6-10(12(15)16)5-8(11(9)14)3-1-2-4-17/h1,3,5-7,14,17H,2,4H2. The number of nitro benzene ring substituents is 1. The molecular weight excluding hydrogens is 242 g/mol. The van der Waals surface area contributed by atoms with Gasteiger partial charge in [-0.3, -0.25) is 14.9 Å². The minimum absolute atomic E-state index is 0.0928. The van der Waals surface area contributed by atoms with Crippen molar-refractivity contribution in [2.45, 2.75) is 6.42 Å². The average Bonchev–Trinajstić information content (AvgIpc) is 2.31. The number of allylic oxidation sites excluding steroid dienone is 1. The molecule has 1 N–H and O–H groups in total. The maximum absolute atomic E-state index is 10.7. The van der Waals surface area contributed by atoms with Crippen LogP contribution in [-0.4, -0.2) is 22.1 Å². The molecule has 17 heavy (non-hydrogen) atoms. The van der Waals surface area contributed by atoms with Gasteiger partial charge in [0.05, 0.1) is 10.5 Å². The van der Waals surface area contributed by atoms with Crippen molar-refractivity contribution < 1.29 is 14.8 Å². The first kappa shape index (κ1) is 13.2. The first-order valence-corrected chi connectivity index (χ1v) is 5.47. The quantitative estimate of drug-likeness (QED) is 0.365. The zero-order valence-corrected chi connectivity index (χ0v) is 9.76. The number of non-ortho nitro benzene ring substituents is 1. The third-order valence-electron chi connectivity index (χ3n) is 2.08. The predicted molar refractivity (Wildman–Crippen MR) is 67.7 cm³/mol. The molecule has 0 aliphatic carbocycles. The van der Waals surface area contributed by atoms with Gasteiger partial charge in [-0.05, 0) is 12.2 Å². The fourth-order valence-corrected chi connectivity index (χ4v) is 1.42. The molecule has 0 amide bonds. The highest BCUT2D eigenvalue weighted by molar-refractivity contribution is 7.80. The van der Waals surface area contributed by atoms with Crippen molar-refractivity contribution in [1.82, 2.24) is 0 Å². The highest BCUT2D eigenvalue weighted by Gasteiger charge is 2.13. The maximum atomic E-state index is 10.7. The predicted octanol–water partition coefficient (Wildman–Crippen LogP) is 2.45. The molecule has 0 saturated carbocycles. The van der Waals surface area contributed by atoms with Crippen LogP contribution in [0.5, 0.6) is 5.75 Å². The van der Waals surface area contributed by atoms with E-state index in [9.17, 15) is 20.0 Å². The SMILES string of the molecule is O=Cc1cc([N+](=O)[O-])cc(C=CCCS)c1O. The van der Waals surface area contributed by atoms with E-state index in [0.717, 1.165) is 6.07 Å². The lowest BCUT2D eigenvalue weighted by Gasteiger charge is -2.02. The Morgan fingerprint density at radius 1 is 1.41 bits per heavy atom. The minimum atomic E-state index is -0.609. The van der Waals surface area contributed by atoms with Crippen molar-refractivity contribution in [2.75, 3.05) is 5.75 Å². The summed E-state index contributed by atoms with van der Waals surface area (Å²) in [7, 11) is 0. The lowest BCUT2D eigenvalue weighted by molar-refractivity contribution is -0.384. The van der Waals surface area contributed by atoms with Gasteiger partial charge in [-0.15, -0.1) is 0 Å². The van der Waals surface area contributed by atoms with Crippen molar-refractivity contribution in [1.29, 1.82) is 0 Å². The number of rotatable bonds is 5. The Kier molecular flexibility index (Phi) is 4.71. The lowest BCUT2D eigenvalue weighted by Crippen LogP contribution is -1.92. The maximum Gasteiger partial charge on any atom is 0.271 e. The van der Waals surface area contributed by atoms with E-state index in [2.05, 4.69) is 12.6 Å². The number of benzene rings is 1. The number of hydrogen-bond donors (Lipinski definition) is 2. The van der Waals surface area contributed by atoms with Crippen molar-refractivity contribution in [3.63, 3.8) is 0 Å². The summed E-state index contributed by atoms with van der Waals surface area (Å²) in [6.45, 7) is 0. The van der Waals surface area contributed by atoms with Crippen LogP contribution in [0.15, 0.2) is 18.2 Å². The van der Waals surface area contributed by atoms with Gasteiger partial charge in [0.2, 0.25) is 0 Å². The summed E-state index contributed by atoms with van der Waals surface area (Å²) < 4.78 is 0. The number of aromatic hydroxyl groups is 1. The average molecular weight is 253 g/mol. The van der Waals surface area contributed by atoms with Gasteiger partial charge in [0.15, 0.2) is 6.29 Å². The summed E-state index contributed by atoms with van der Waals surface area (Å²) in [5.74, 6) is 0.383. The van der Waals surface area contributed by atoms with Gasteiger partial charge in [0.1, 0.15) is 5.75 Å². The Bertz CT molecular complexity index is 471. The summed E-state index contributed by atoms with van der Waals surface area (Å²) in [5.41, 5.74) is -0.0665. The number of nitro groups is 1. The summed E-state index contributed by atoms with van der Waals surface area (Å²) >= 11 is 4.01. The summed E-state index contributed by atoms with van der Waals surface area (Å²) in [6, 6.07) is 2.26. The molecule has 0 bridgehead atoms. The third kappa shape index (κ3) is 3.32. The second-order valence-corrected chi connectivity index (χ2v) is 3.71. The van der Waals surface area contributed by atoms with Crippen LogP contribution in [0, 0.1) is 10.1 Å². The van der Waals surface area contributed by atoms with Gasteiger partial charge in [-0.25, -0.2) is 0 Å². The molecule has 0 fully saturated rings. The molecule has 0 spiro atoms. The Morgan fingerprint density at radius 2 is 2.06 bits per heavy atom. The zero-order chi connectivity index (χ0) is 12.8. The molecule has 0 radical (unpaired) electrons. The molecule has 6 heteroatoms. The highest BCUT2D eigenvalue weighted by atomic mass is 32.1. The van der Waals surface area contributed by atoms with Crippen LogP contribution in [0.3, 0.4) is 0 Å². The molecule has 0 unspecified atom stereocenters. The summed E-state index contributed by atoms with van der Waals surface area (Å²) in [6.07, 6.45) is 4.31. The van der Waals surface area contributed by atoms with Crippen LogP contribution in [0.4, 0.5) is 5.69 Å². The first-order valence-electron chi connectivity index (χ1n) is 4.84. The molecular formula is C11H11NO4S. The second kappa shape index (κ2) is 6.05. The number of carbonyl (C=O) groups excluding carboxylic acids is 1. The molecule has 1 rings (SSSR count). The fourth-order valence-electron chi connectivity index (χ4n) is 1.27. The Balaban J connectivity index is 3.22. The van der Waals surface area contributed by atoms with E-state index < -0.39 is 4.92 Å². The van der Waals surface area contributed by atoms with E-state index in [1.165, 1.54) is 12.1 Å². The molecule has 0 atom stereocenters. The topological polar surface area (TPSA) is 80.4 Å². The second-order valence-electron chi connectivity index (χ2n) is 3.26. The van der Waals surface area contributed by atoms with E-state index in [1.807, 2.05) is 0 Å². The molecule has 5 nitrogen and oxygen atoms in total. The summed E-state index contributed by atoms with van der Waals surface area (Å²) in [4.78, 5) is 20.7. The largest absolute Gasteiger partial charge is 0.507 e. The molecule has 0 aromatic heterocycles. The van der Waals surface area contributed by atoms with Crippen LogP contribution in [0.25, 0.3) is 6.08 Å². The molecule has 90 valence electrons. The molecule has 0 saturated heterocycles. The fraction of sp³-hybridized carbons (Fsp3) is 0.182. The van der Waals surface area contributed by atoms with Crippen LogP contribution in [0.1, 0.15) is 22.3 Å². The third-order valence-corrected chi connectivity index (χ3v) is 2.34. The van der Waals surface area contributed by atoms with Crippen molar-refractivity contribution >= 4 is 30.7 Å². The van der Waals surface area contributed by atoms with Gasteiger partial charge < -0.3 is 5.11 Å². The van der Waals surface area contributed by atoms with E-state index in [1.54, 1.807) is 6.08 Å². The van der Waals surface area contributed by atoms with Crippen LogP contribution >= 0.6 is 12.6 Å². The number of aldehydes is 1. The van der Waals surface area contributed by atoms with E-state index in [4.69, 9.17) is 0 Å². The van der Waals surface area contributed by atoms with Gasteiger partial charge in [-0.2, -0.15) is 12.6 Å².